The zero-order valence-corrected chi connectivity index (χ0v) is 8.07. The van der Waals surface area contributed by atoms with Gasteiger partial charge in [-0.1, -0.05) is 6.08 Å². The summed E-state index contributed by atoms with van der Waals surface area (Å²) in [6.45, 7) is 5.65. The summed E-state index contributed by atoms with van der Waals surface area (Å²) in [7, 11) is 1.83. The zero-order chi connectivity index (χ0) is 9.84. The van der Waals surface area contributed by atoms with E-state index in [9.17, 15) is 4.79 Å². The number of amides is 2. The summed E-state index contributed by atoms with van der Waals surface area (Å²) >= 11 is 0. The molecule has 1 fully saturated rings. The van der Waals surface area contributed by atoms with Gasteiger partial charge in [0.15, 0.2) is 0 Å². The van der Waals surface area contributed by atoms with Gasteiger partial charge in [-0.3, -0.25) is 0 Å². The first-order valence-electron chi connectivity index (χ1n) is 4.53. The summed E-state index contributed by atoms with van der Waals surface area (Å²) in [5.74, 6) is 0. The van der Waals surface area contributed by atoms with Crippen molar-refractivity contribution in [3.05, 3.63) is 12.7 Å². The predicted molar refractivity (Wildman–Crippen MR) is 52.4 cm³/mol. The first-order valence-corrected chi connectivity index (χ1v) is 4.53. The number of carbonyl (C=O) groups is 1. The van der Waals surface area contributed by atoms with E-state index in [1.165, 1.54) is 0 Å². The van der Waals surface area contributed by atoms with Gasteiger partial charge in [-0.2, -0.15) is 0 Å². The quantitative estimate of drug-likeness (QED) is 0.635. The Morgan fingerprint density at radius 2 is 2.46 bits per heavy atom. The van der Waals surface area contributed by atoms with Gasteiger partial charge in [0, 0.05) is 20.1 Å². The van der Waals surface area contributed by atoms with Crippen LogP contribution in [-0.2, 0) is 0 Å². The maximum atomic E-state index is 11.5. The van der Waals surface area contributed by atoms with Crippen LogP contribution < -0.4 is 5.73 Å². The lowest BCUT2D eigenvalue weighted by atomic mass is 10.2. The second-order valence-corrected chi connectivity index (χ2v) is 3.32. The number of urea groups is 1. The van der Waals surface area contributed by atoms with E-state index in [1.807, 2.05) is 7.05 Å². The van der Waals surface area contributed by atoms with Crippen LogP contribution in [0.15, 0.2) is 12.7 Å². The van der Waals surface area contributed by atoms with Crippen LogP contribution in [0.25, 0.3) is 0 Å². The third-order valence-electron chi connectivity index (χ3n) is 2.40. The summed E-state index contributed by atoms with van der Waals surface area (Å²) in [4.78, 5) is 15.1. The molecule has 0 aromatic heterocycles. The lowest BCUT2D eigenvalue weighted by Crippen LogP contribution is -2.32. The van der Waals surface area contributed by atoms with Gasteiger partial charge in [0.2, 0.25) is 0 Å². The molecule has 2 N–H and O–H groups in total. The monoisotopic (exact) mass is 183 g/mol. The molecule has 1 saturated heterocycles. The summed E-state index contributed by atoms with van der Waals surface area (Å²) in [6, 6.07) is 0.357. The zero-order valence-electron chi connectivity index (χ0n) is 8.07. The Morgan fingerprint density at radius 3 is 3.00 bits per heavy atom. The lowest BCUT2D eigenvalue weighted by molar-refractivity contribution is 0.198. The molecule has 0 saturated carbocycles. The molecular formula is C9H17N3O. The first kappa shape index (κ1) is 10.1. The average Bonchev–Trinajstić information content (AvgIpc) is 2.36. The van der Waals surface area contributed by atoms with E-state index < -0.39 is 0 Å². The first-order chi connectivity index (χ1) is 6.20. The van der Waals surface area contributed by atoms with Crippen LogP contribution in [0.1, 0.15) is 6.42 Å². The molecular weight excluding hydrogens is 166 g/mol. The van der Waals surface area contributed by atoms with Crippen molar-refractivity contribution in [2.75, 3.05) is 26.7 Å². The molecule has 0 radical (unpaired) electrons. The van der Waals surface area contributed by atoms with E-state index in [2.05, 4.69) is 6.58 Å². The van der Waals surface area contributed by atoms with Crippen LogP contribution >= 0.6 is 0 Å². The van der Waals surface area contributed by atoms with Crippen LogP contribution in [0.5, 0.6) is 0 Å². The van der Waals surface area contributed by atoms with E-state index in [-0.39, 0.29) is 12.1 Å². The van der Waals surface area contributed by atoms with Gasteiger partial charge in [0.05, 0.1) is 6.04 Å². The van der Waals surface area contributed by atoms with Gasteiger partial charge >= 0.3 is 6.03 Å². The van der Waals surface area contributed by atoms with Crippen molar-refractivity contribution in [3.8, 4) is 0 Å². The molecule has 2 amide bonds. The Labute approximate surface area is 79.0 Å². The standard InChI is InChI=1S/C9H17N3O/c1-3-6-12-7-8(4-5-10)11(2)9(12)13/h3,8H,1,4-7,10H2,2H3. The maximum Gasteiger partial charge on any atom is 0.320 e. The van der Waals surface area contributed by atoms with Crippen molar-refractivity contribution in [1.29, 1.82) is 0 Å². The Hall–Kier alpha value is -1.03. The number of nitrogens with two attached hydrogens (primary N) is 1. The number of rotatable bonds is 4. The van der Waals surface area contributed by atoms with Gasteiger partial charge in [-0.15, -0.1) is 6.58 Å². The molecule has 1 aliphatic heterocycles. The molecule has 0 aromatic rings. The fraction of sp³-hybridized carbons (Fsp3) is 0.667. The second-order valence-electron chi connectivity index (χ2n) is 3.32. The summed E-state index contributed by atoms with van der Waals surface area (Å²) in [6.07, 6.45) is 2.62. The van der Waals surface area contributed by atoms with Gasteiger partial charge in [-0.25, -0.2) is 4.79 Å². The van der Waals surface area contributed by atoms with Gasteiger partial charge in [0.1, 0.15) is 0 Å². The van der Waals surface area contributed by atoms with Crippen LogP contribution in [0, 0.1) is 0 Å². The highest BCUT2D eigenvalue weighted by molar-refractivity contribution is 5.77. The number of carbonyl (C=O) groups excluding carboxylic acids is 1. The van der Waals surface area contributed by atoms with E-state index in [0.29, 0.717) is 13.1 Å². The molecule has 0 bridgehead atoms. The molecule has 1 rings (SSSR count). The minimum absolute atomic E-state index is 0.0818. The van der Waals surface area contributed by atoms with E-state index >= 15 is 0 Å². The van der Waals surface area contributed by atoms with Crippen molar-refractivity contribution in [2.45, 2.75) is 12.5 Å². The average molecular weight is 183 g/mol. The van der Waals surface area contributed by atoms with Gasteiger partial charge < -0.3 is 15.5 Å². The third-order valence-corrected chi connectivity index (χ3v) is 2.40. The van der Waals surface area contributed by atoms with E-state index in [1.54, 1.807) is 15.9 Å². The number of hydrogen-bond acceptors (Lipinski definition) is 2. The second kappa shape index (κ2) is 4.28. The van der Waals surface area contributed by atoms with Gasteiger partial charge in [0.25, 0.3) is 0 Å². The van der Waals surface area contributed by atoms with Crippen molar-refractivity contribution in [3.63, 3.8) is 0 Å². The molecule has 1 aliphatic rings. The third kappa shape index (κ3) is 2.01. The molecule has 74 valence electrons. The van der Waals surface area contributed by atoms with Crippen LogP contribution in [0.4, 0.5) is 4.79 Å². The normalized spacial score (nSPS) is 22.6. The fourth-order valence-corrected chi connectivity index (χ4v) is 1.62. The minimum Gasteiger partial charge on any atom is -0.330 e. The minimum atomic E-state index is 0.0818. The molecule has 1 heterocycles. The Bertz CT molecular complexity index is 205. The van der Waals surface area contributed by atoms with Crippen LogP contribution in [0.3, 0.4) is 0 Å². The molecule has 0 aromatic carbocycles. The predicted octanol–water partition coefficient (Wildman–Crippen LogP) is 0.257. The van der Waals surface area contributed by atoms with E-state index in [0.717, 1.165) is 13.0 Å². The molecule has 4 nitrogen and oxygen atoms in total. The summed E-state index contributed by atoms with van der Waals surface area (Å²) in [5, 5.41) is 0. The highest BCUT2D eigenvalue weighted by atomic mass is 16.2. The van der Waals surface area contributed by atoms with Crippen LogP contribution in [-0.4, -0.2) is 48.6 Å². The molecule has 4 heteroatoms. The fourth-order valence-electron chi connectivity index (χ4n) is 1.62. The summed E-state index contributed by atoms with van der Waals surface area (Å²) < 4.78 is 0. The van der Waals surface area contributed by atoms with Gasteiger partial charge in [-0.05, 0) is 13.0 Å². The Morgan fingerprint density at radius 1 is 1.77 bits per heavy atom. The molecule has 1 atom stereocenters. The lowest BCUT2D eigenvalue weighted by Gasteiger charge is -2.16. The molecule has 1 unspecified atom stereocenters. The molecule has 13 heavy (non-hydrogen) atoms. The topological polar surface area (TPSA) is 49.6 Å². The highest BCUT2D eigenvalue weighted by Crippen LogP contribution is 2.15. The maximum absolute atomic E-state index is 11.5. The Kier molecular flexibility index (Phi) is 3.31. The van der Waals surface area contributed by atoms with Crippen LogP contribution in [0.2, 0.25) is 0 Å². The molecule has 0 aliphatic carbocycles. The van der Waals surface area contributed by atoms with E-state index in [4.69, 9.17) is 5.73 Å². The van der Waals surface area contributed by atoms with Crippen molar-refractivity contribution < 1.29 is 4.79 Å². The summed E-state index contributed by atoms with van der Waals surface area (Å²) in [5.41, 5.74) is 5.46. The Balaban J connectivity index is 2.55. The van der Waals surface area contributed by atoms with Crippen molar-refractivity contribution in [2.24, 2.45) is 5.73 Å². The van der Waals surface area contributed by atoms with Crippen molar-refractivity contribution in [1.82, 2.24) is 9.80 Å². The highest BCUT2D eigenvalue weighted by Gasteiger charge is 2.32. The SMILES string of the molecule is C=CCN1CC(CCN)N(C)C1=O. The largest absolute Gasteiger partial charge is 0.330 e. The number of nitrogens with zero attached hydrogens (tertiary/aromatic N) is 2. The van der Waals surface area contributed by atoms with Crippen molar-refractivity contribution >= 4 is 6.03 Å². The number of likely N-dealkylation sites (N-methyl/N-ethyl adjacent to an activating group) is 1. The number of hydrogen-bond donors (Lipinski definition) is 1. The smallest absolute Gasteiger partial charge is 0.320 e. The molecule has 0 spiro atoms.